The van der Waals surface area contributed by atoms with Gasteiger partial charge in [0.05, 0.1) is 7.11 Å². The van der Waals surface area contributed by atoms with Crippen molar-refractivity contribution < 1.29 is 14.3 Å². The summed E-state index contributed by atoms with van der Waals surface area (Å²) in [4.78, 5) is 27.5. The van der Waals surface area contributed by atoms with E-state index in [0.29, 0.717) is 38.2 Å². The molecule has 28 heavy (non-hydrogen) atoms. The number of ether oxygens (including phenoxy) is 1. The number of nitrogens with two attached hydrogens (primary N) is 1. The van der Waals surface area contributed by atoms with Crippen LogP contribution in [-0.2, 0) is 11.3 Å². The molecule has 7 heteroatoms. The fourth-order valence-corrected chi connectivity index (χ4v) is 4.65. The van der Waals surface area contributed by atoms with E-state index in [2.05, 4.69) is 4.57 Å². The van der Waals surface area contributed by atoms with Crippen LogP contribution in [0.15, 0.2) is 41.8 Å². The van der Waals surface area contributed by atoms with Gasteiger partial charge >= 0.3 is 0 Å². The molecule has 0 saturated carbocycles. The Morgan fingerprint density at radius 2 is 1.89 bits per heavy atom. The van der Waals surface area contributed by atoms with Crippen molar-refractivity contribution in [3.05, 3.63) is 53.0 Å². The molecule has 1 aliphatic rings. The lowest BCUT2D eigenvalue weighted by Crippen LogP contribution is -2.42. The summed E-state index contributed by atoms with van der Waals surface area (Å²) in [5.41, 5.74) is 7.21. The van der Waals surface area contributed by atoms with E-state index >= 15 is 0 Å². The first-order valence-corrected chi connectivity index (χ1v) is 10.2. The Hall–Kier alpha value is -2.80. The fraction of sp³-hybridized carbons (Fsp3) is 0.333. The number of amides is 2. The van der Waals surface area contributed by atoms with Crippen LogP contribution >= 0.6 is 11.3 Å². The SMILES string of the molecule is COc1ccc(Cn2c(C(=O)N3CCC(C(N)=O)CC3)cc3ccsc32)cc1. The Morgan fingerprint density at radius 1 is 1.18 bits per heavy atom. The van der Waals surface area contributed by atoms with E-state index in [9.17, 15) is 9.59 Å². The predicted octanol–water partition coefficient (Wildman–Crippen LogP) is 3.10. The van der Waals surface area contributed by atoms with Gasteiger partial charge in [-0.1, -0.05) is 12.1 Å². The number of thiophene rings is 1. The zero-order valence-corrected chi connectivity index (χ0v) is 16.6. The molecule has 1 aliphatic heterocycles. The summed E-state index contributed by atoms with van der Waals surface area (Å²) < 4.78 is 7.32. The maximum atomic E-state index is 13.2. The largest absolute Gasteiger partial charge is 0.497 e. The van der Waals surface area contributed by atoms with Crippen LogP contribution in [-0.4, -0.2) is 41.5 Å². The Balaban J connectivity index is 1.60. The van der Waals surface area contributed by atoms with E-state index in [1.165, 1.54) is 0 Å². The summed E-state index contributed by atoms with van der Waals surface area (Å²) >= 11 is 1.64. The van der Waals surface area contributed by atoms with Crippen molar-refractivity contribution in [3.8, 4) is 5.75 Å². The second-order valence-electron chi connectivity index (χ2n) is 7.11. The molecular formula is C21H23N3O3S. The summed E-state index contributed by atoms with van der Waals surface area (Å²) in [6, 6.07) is 11.9. The molecule has 4 rings (SSSR count). The van der Waals surface area contributed by atoms with Crippen molar-refractivity contribution in [3.63, 3.8) is 0 Å². The van der Waals surface area contributed by atoms with Crippen LogP contribution in [0, 0.1) is 5.92 Å². The van der Waals surface area contributed by atoms with Crippen LogP contribution in [0.25, 0.3) is 10.2 Å². The van der Waals surface area contributed by atoms with E-state index in [0.717, 1.165) is 21.5 Å². The molecule has 146 valence electrons. The Labute approximate surface area is 167 Å². The van der Waals surface area contributed by atoms with Crippen molar-refractivity contribution in [2.45, 2.75) is 19.4 Å². The highest BCUT2D eigenvalue weighted by molar-refractivity contribution is 7.16. The zero-order valence-electron chi connectivity index (χ0n) is 15.8. The minimum Gasteiger partial charge on any atom is -0.497 e. The van der Waals surface area contributed by atoms with Gasteiger partial charge in [0, 0.05) is 30.9 Å². The van der Waals surface area contributed by atoms with Crippen molar-refractivity contribution in [1.29, 1.82) is 0 Å². The van der Waals surface area contributed by atoms with Gasteiger partial charge in [-0.3, -0.25) is 9.59 Å². The van der Waals surface area contributed by atoms with E-state index in [1.807, 2.05) is 46.7 Å². The lowest BCUT2D eigenvalue weighted by molar-refractivity contribution is -0.123. The molecule has 0 spiro atoms. The average Bonchev–Trinajstić information content (AvgIpc) is 3.31. The van der Waals surface area contributed by atoms with E-state index in [-0.39, 0.29) is 17.7 Å². The van der Waals surface area contributed by atoms with Crippen LogP contribution < -0.4 is 10.5 Å². The number of hydrogen-bond donors (Lipinski definition) is 1. The topological polar surface area (TPSA) is 77.6 Å². The number of rotatable bonds is 5. The van der Waals surface area contributed by atoms with Gasteiger partial charge in [-0.25, -0.2) is 0 Å². The van der Waals surface area contributed by atoms with Crippen LogP contribution in [0.4, 0.5) is 0 Å². The number of nitrogens with zero attached hydrogens (tertiary/aromatic N) is 2. The third-order valence-electron chi connectivity index (χ3n) is 5.41. The maximum absolute atomic E-state index is 13.2. The number of aromatic nitrogens is 1. The number of carbonyl (C=O) groups is 2. The first kappa shape index (κ1) is 18.6. The number of piperidine rings is 1. The summed E-state index contributed by atoms with van der Waals surface area (Å²) in [6.07, 6.45) is 1.27. The van der Waals surface area contributed by atoms with Gasteiger partial charge < -0.3 is 19.9 Å². The van der Waals surface area contributed by atoms with Crippen molar-refractivity contribution in [1.82, 2.24) is 9.47 Å². The molecule has 2 aromatic heterocycles. The Bertz CT molecular complexity index is 998. The highest BCUT2D eigenvalue weighted by atomic mass is 32.1. The molecule has 3 heterocycles. The second kappa shape index (κ2) is 7.67. The van der Waals surface area contributed by atoms with Gasteiger partial charge in [0.1, 0.15) is 16.3 Å². The highest BCUT2D eigenvalue weighted by Gasteiger charge is 2.28. The zero-order chi connectivity index (χ0) is 19.7. The van der Waals surface area contributed by atoms with Crippen LogP contribution in [0.2, 0.25) is 0 Å². The average molecular weight is 398 g/mol. The Kier molecular flexibility index (Phi) is 5.09. The number of likely N-dealkylation sites (tertiary alicyclic amines) is 1. The molecule has 2 N–H and O–H groups in total. The van der Waals surface area contributed by atoms with Gasteiger partial charge in [0.2, 0.25) is 5.91 Å². The molecule has 0 atom stereocenters. The van der Waals surface area contributed by atoms with Crippen LogP contribution in [0.5, 0.6) is 5.75 Å². The van der Waals surface area contributed by atoms with Crippen LogP contribution in [0.1, 0.15) is 28.9 Å². The molecule has 1 aromatic carbocycles. The predicted molar refractivity (Wildman–Crippen MR) is 110 cm³/mol. The van der Waals surface area contributed by atoms with Crippen molar-refractivity contribution >= 4 is 33.4 Å². The summed E-state index contributed by atoms with van der Waals surface area (Å²) in [5.74, 6) is 0.431. The summed E-state index contributed by atoms with van der Waals surface area (Å²) in [6.45, 7) is 1.74. The van der Waals surface area contributed by atoms with Gasteiger partial charge in [-0.2, -0.15) is 0 Å². The smallest absolute Gasteiger partial charge is 0.270 e. The van der Waals surface area contributed by atoms with Crippen molar-refractivity contribution in [2.75, 3.05) is 20.2 Å². The van der Waals surface area contributed by atoms with Gasteiger partial charge in [0.25, 0.3) is 5.91 Å². The first-order chi connectivity index (χ1) is 13.6. The summed E-state index contributed by atoms with van der Waals surface area (Å²) in [5, 5.41) is 3.12. The number of benzene rings is 1. The number of fused-ring (bicyclic) bond motifs is 1. The summed E-state index contributed by atoms with van der Waals surface area (Å²) in [7, 11) is 1.65. The third kappa shape index (κ3) is 3.49. The molecule has 6 nitrogen and oxygen atoms in total. The van der Waals surface area contributed by atoms with E-state index in [4.69, 9.17) is 10.5 Å². The molecule has 3 aromatic rings. The number of hydrogen-bond acceptors (Lipinski definition) is 4. The molecule has 0 unspecified atom stereocenters. The molecule has 2 amide bonds. The number of carbonyl (C=O) groups excluding carboxylic acids is 2. The van der Waals surface area contributed by atoms with E-state index < -0.39 is 0 Å². The van der Waals surface area contributed by atoms with Crippen molar-refractivity contribution in [2.24, 2.45) is 11.7 Å². The lowest BCUT2D eigenvalue weighted by atomic mass is 9.96. The van der Waals surface area contributed by atoms with Gasteiger partial charge in [-0.15, -0.1) is 11.3 Å². The number of methoxy groups -OCH3 is 1. The Morgan fingerprint density at radius 3 is 2.54 bits per heavy atom. The minimum atomic E-state index is -0.268. The molecule has 0 bridgehead atoms. The molecular weight excluding hydrogens is 374 g/mol. The number of primary amides is 1. The quantitative estimate of drug-likeness (QED) is 0.719. The molecule has 1 saturated heterocycles. The highest BCUT2D eigenvalue weighted by Crippen LogP contribution is 2.28. The first-order valence-electron chi connectivity index (χ1n) is 9.35. The molecule has 0 radical (unpaired) electrons. The lowest BCUT2D eigenvalue weighted by Gasteiger charge is -2.30. The third-order valence-corrected chi connectivity index (χ3v) is 6.36. The monoisotopic (exact) mass is 397 g/mol. The molecule has 1 fully saturated rings. The maximum Gasteiger partial charge on any atom is 0.270 e. The van der Waals surface area contributed by atoms with Gasteiger partial charge in [0.15, 0.2) is 0 Å². The normalized spacial score (nSPS) is 15.1. The molecule has 0 aliphatic carbocycles. The minimum absolute atomic E-state index is 0.0137. The fourth-order valence-electron chi connectivity index (χ4n) is 3.75. The second-order valence-corrected chi connectivity index (χ2v) is 8.01. The standard InChI is InChI=1S/C21H23N3O3S/c1-27-17-4-2-14(3-5-17)13-24-18(12-16-8-11-28-21(16)24)20(26)23-9-6-15(7-10-23)19(22)25/h2-5,8,11-12,15H,6-7,9-10,13H2,1H3,(H2,22,25). The van der Waals surface area contributed by atoms with E-state index in [1.54, 1.807) is 18.4 Å². The van der Waals surface area contributed by atoms with Gasteiger partial charge in [-0.05, 0) is 48.1 Å². The van der Waals surface area contributed by atoms with Crippen LogP contribution in [0.3, 0.4) is 0 Å².